The van der Waals surface area contributed by atoms with Crippen LogP contribution in [0.25, 0.3) is 11.0 Å². The van der Waals surface area contributed by atoms with E-state index in [4.69, 9.17) is 4.42 Å². The molecule has 0 spiro atoms. The number of halogens is 2. The Balaban J connectivity index is 1.28. The normalized spacial score (nSPS) is 20.6. The van der Waals surface area contributed by atoms with Crippen LogP contribution >= 0.6 is 0 Å². The van der Waals surface area contributed by atoms with Crippen LogP contribution in [0.1, 0.15) is 57.9 Å². The Labute approximate surface area is 245 Å². The van der Waals surface area contributed by atoms with Gasteiger partial charge in [0.15, 0.2) is 0 Å². The van der Waals surface area contributed by atoms with Gasteiger partial charge in [-0.1, -0.05) is 18.2 Å². The molecule has 228 valence electrons. The van der Waals surface area contributed by atoms with Gasteiger partial charge in [0.05, 0.1) is 18.3 Å². The van der Waals surface area contributed by atoms with Gasteiger partial charge in [-0.05, 0) is 57.6 Å². The van der Waals surface area contributed by atoms with E-state index in [-0.39, 0.29) is 50.8 Å². The number of nitrogens with one attached hydrogen (secondary N) is 2. The van der Waals surface area contributed by atoms with Gasteiger partial charge in [0.2, 0.25) is 5.91 Å². The molecule has 0 radical (unpaired) electrons. The highest BCUT2D eigenvalue weighted by molar-refractivity contribution is 6.43. The SMILES string of the molecule is CC(C)(CCC(C#N)C(=O)N1CCC[C@@H]1CNC(=O)N[C@@H](Cc1coc2ccccc12)B(O)O)N1CCC(F)(F)CC1. The minimum Gasteiger partial charge on any atom is -0.464 e. The second kappa shape index (κ2) is 13.4. The molecule has 13 heteroatoms. The molecule has 0 saturated carbocycles. The summed E-state index contributed by atoms with van der Waals surface area (Å²) < 4.78 is 32.7. The molecule has 4 N–H and O–H groups in total. The first-order valence-corrected chi connectivity index (χ1v) is 14.6. The fraction of sp³-hybridized carbons (Fsp3) is 0.621. The summed E-state index contributed by atoms with van der Waals surface area (Å²) in [5, 5.41) is 35.7. The molecule has 2 saturated heterocycles. The lowest BCUT2D eigenvalue weighted by molar-refractivity contribution is -0.134. The van der Waals surface area contributed by atoms with Crippen molar-refractivity contribution in [3.8, 4) is 6.07 Å². The number of amides is 3. The average molecular weight is 587 g/mol. The van der Waals surface area contributed by atoms with E-state index in [0.29, 0.717) is 31.4 Å². The monoisotopic (exact) mass is 587 g/mol. The molecule has 3 atom stereocenters. The maximum absolute atomic E-state index is 13.6. The van der Waals surface area contributed by atoms with Crippen molar-refractivity contribution in [2.75, 3.05) is 26.2 Å². The fourth-order valence-electron chi connectivity index (χ4n) is 5.97. The van der Waals surface area contributed by atoms with E-state index in [1.165, 1.54) is 6.26 Å². The van der Waals surface area contributed by atoms with Gasteiger partial charge < -0.3 is 30.0 Å². The molecule has 2 aliphatic heterocycles. The van der Waals surface area contributed by atoms with Gasteiger partial charge in [0.25, 0.3) is 5.92 Å². The first kappa shape index (κ1) is 31.7. The molecule has 1 unspecified atom stereocenters. The molecule has 2 aromatic rings. The zero-order valence-corrected chi connectivity index (χ0v) is 24.2. The number of benzene rings is 1. The van der Waals surface area contributed by atoms with E-state index >= 15 is 0 Å². The van der Waals surface area contributed by atoms with Crippen LogP contribution in [0.4, 0.5) is 13.6 Å². The number of nitrogens with zero attached hydrogens (tertiary/aromatic N) is 3. The van der Waals surface area contributed by atoms with Crippen molar-refractivity contribution in [3.63, 3.8) is 0 Å². The average Bonchev–Trinajstić information content (AvgIpc) is 3.58. The number of hydrogen-bond acceptors (Lipinski definition) is 7. The lowest BCUT2D eigenvalue weighted by atomic mass is 9.76. The molecule has 1 aromatic heterocycles. The lowest BCUT2D eigenvalue weighted by Gasteiger charge is -2.43. The van der Waals surface area contributed by atoms with E-state index in [0.717, 1.165) is 17.4 Å². The summed E-state index contributed by atoms with van der Waals surface area (Å²) in [6, 6.07) is 8.55. The van der Waals surface area contributed by atoms with E-state index in [1.807, 2.05) is 36.9 Å². The Morgan fingerprint density at radius 1 is 1.24 bits per heavy atom. The minimum absolute atomic E-state index is 0.135. The Kier molecular flexibility index (Phi) is 10.1. The zero-order chi connectivity index (χ0) is 30.5. The Hall–Kier alpha value is -3.21. The summed E-state index contributed by atoms with van der Waals surface area (Å²) in [4.78, 5) is 29.7. The summed E-state index contributed by atoms with van der Waals surface area (Å²) in [6.45, 7) is 5.09. The van der Waals surface area contributed by atoms with Crippen LogP contribution in [0.15, 0.2) is 34.9 Å². The number of likely N-dealkylation sites (tertiary alicyclic amines) is 2. The van der Waals surface area contributed by atoms with E-state index < -0.39 is 36.5 Å². The molecule has 3 amide bonds. The van der Waals surface area contributed by atoms with Crippen LogP contribution < -0.4 is 10.6 Å². The van der Waals surface area contributed by atoms with Gasteiger partial charge in [-0.25, -0.2) is 13.6 Å². The number of nitriles is 1. The van der Waals surface area contributed by atoms with Crippen molar-refractivity contribution in [1.29, 1.82) is 5.26 Å². The van der Waals surface area contributed by atoms with Crippen LogP contribution in [-0.4, -0.2) is 88.5 Å². The number of furan rings is 1. The van der Waals surface area contributed by atoms with Crippen molar-refractivity contribution in [2.45, 2.75) is 82.2 Å². The van der Waals surface area contributed by atoms with Crippen LogP contribution in [0.2, 0.25) is 0 Å². The number of rotatable bonds is 11. The maximum Gasteiger partial charge on any atom is 0.475 e. The number of carbonyl (C=O) groups excluding carboxylic acids is 2. The summed E-state index contributed by atoms with van der Waals surface area (Å²) >= 11 is 0. The van der Waals surface area contributed by atoms with Crippen molar-refractivity contribution < 1.29 is 32.8 Å². The molecule has 2 fully saturated rings. The number of hydrogen-bond donors (Lipinski definition) is 4. The molecule has 4 rings (SSSR count). The number of urea groups is 1. The third-order valence-electron chi connectivity index (χ3n) is 8.69. The van der Waals surface area contributed by atoms with Gasteiger partial charge in [-0.15, -0.1) is 0 Å². The molecule has 1 aromatic carbocycles. The molecule has 0 bridgehead atoms. The summed E-state index contributed by atoms with van der Waals surface area (Å²) in [5.41, 5.74) is 0.956. The quantitative estimate of drug-likeness (QED) is 0.296. The second-order valence-corrected chi connectivity index (χ2v) is 12.0. The van der Waals surface area contributed by atoms with Crippen LogP contribution in [-0.2, 0) is 11.2 Å². The standard InChI is InChI=1S/C29H40BF2N5O5/c1-28(2,36-14-11-29(31,32)12-15-36)10-9-20(17-33)26(38)37-13-5-6-22(37)18-34-27(39)35-25(30(40)41)16-21-19-42-24-8-4-3-7-23(21)24/h3-4,7-8,19-20,22,25,40-41H,5-6,9-16,18H2,1-2H3,(H2,34,35,39)/t20?,22-,25+/m1/s1. The summed E-state index contributed by atoms with van der Waals surface area (Å²) in [5.74, 6) is -4.80. The molecule has 3 heterocycles. The van der Waals surface area contributed by atoms with E-state index in [1.54, 1.807) is 11.0 Å². The molecule has 42 heavy (non-hydrogen) atoms. The topological polar surface area (TPSA) is 142 Å². The number of carbonyl (C=O) groups is 2. The van der Waals surface area contributed by atoms with Gasteiger partial charge in [0.1, 0.15) is 11.5 Å². The van der Waals surface area contributed by atoms with Crippen molar-refractivity contribution >= 4 is 30.0 Å². The van der Waals surface area contributed by atoms with Crippen molar-refractivity contribution in [2.24, 2.45) is 5.92 Å². The predicted octanol–water partition coefficient (Wildman–Crippen LogP) is 3.08. The lowest BCUT2D eigenvalue weighted by Crippen LogP contribution is -2.53. The van der Waals surface area contributed by atoms with Crippen molar-refractivity contribution in [1.82, 2.24) is 20.4 Å². The van der Waals surface area contributed by atoms with Gasteiger partial charge in [-0.3, -0.25) is 9.69 Å². The first-order valence-electron chi connectivity index (χ1n) is 14.6. The van der Waals surface area contributed by atoms with E-state index in [9.17, 15) is 33.7 Å². The first-order chi connectivity index (χ1) is 19.9. The highest BCUT2D eigenvalue weighted by Crippen LogP contribution is 2.34. The minimum atomic E-state index is -2.64. The smallest absolute Gasteiger partial charge is 0.464 e. The number of alkyl halides is 2. The van der Waals surface area contributed by atoms with Crippen LogP contribution in [0.3, 0.4) is 0 Å². The van der Waals surface area contributed by atoms with Gasteiger partial charge in [0, 0.05) is 56.0 Å². The third kappa shape index (κ3) is 7.79. The molecule has 10 nitrogen and oxygen atoms in total. The largest absolute Gasteiger partial charge is 0.475 e. The summed E-state index contributed by atoms with van der Waals surface area (Å²) in [6.07, 6.45) is 3.50. The molecule has 0 aliphatic carbocycles. The molecular formula is C29H40BF2N5O5. The number of fused-ring (bicyclic) bond motifs is 1. The zero-order valence-electron chi connectivity index (χ0n) is 24.2. The Morgan fingerprint density at radius 3 is 2.64 bits per heavy atom. The van der Waals surface area contributed by atoms with Crippen LogP contribution in [0.5, 0.6) is 0 Å². The Morgan fingerprint density at radius 2 is 1.95 bits per heavy atom. The predicted molar refractivity (Wildman–Crippen MR) is 153 cm³/mol. The highest BCUT2D eigenvalue weighted by atomic mass is 19.3. The van der Waals surface area contributed by atoms with Gasteiger partial charge >= 0.3 is 13.1 Å². The highest BCUT2D eigenvalue weighted by Gasteiger charge is 2.40. The Bertz CT molecular complexity index is 1270. The number of piperidine rings is 1. The third-order valence-corrected chi connectivity index (χ3v) is 8.69. The molecular weight excluding hydrogens is 547 g/mol. The van der Waals surface area contributed by atoms with Gasteiger partial charge in [-0.2, -0.15) is 5.26 Å². The van der Waals surface area contributed by atoms with E-state index in [2.05, 4.69) is 16.7 Å². The van der Waals surface area contributed by atoms with Crippen LogP contribution in [0, 0.1) is 17.2 Å². The number of para-hydroxylation sites is 1. The summed E-state index contributed by atoms with van der Waals surface area (Å²) in [7, 11) is -1.81. The molecule has 2 aliphatic rings. The second-order valence-electron chi connectivity index (χ2n) is 12.0. The fourth-order valence-corrected chi connectivity index (χ4v) is 5.97. The van der Waals surface area contributed by atoms with Crippen molar-refractivity contribution in [3.05, 3.63) is 36.1 Å². The maximum atomic E-state index is 13.6.